The molecule has 1 atom stereocenters. The Morgan fingerprint density at radius 1 is 1.15 bits per heavy atom. The van der Waals surface area contributed by atoms with Crippen molar-refractivity contribution in [3.63, 3.8) is 0 Å². The largest absolute Gasteiger partial charge is 0.481 e. The highest BCUT2D eigenvalue weighted by atomic mass is 32.1. The van der Waals surface area contributed by atoms with Gasteiger partial charge in [-0.05, 0) is 36.1 Å². The fraction of sp³-hybridized carbons (Fsp3) is 0.208. The summed E-state index contributed by atoms with van der Waals surface area (Å²) in [5.41, 5.74) is 10.3. The van der Waals surface area contributed by atoms with E-state index in [-0.39, 0.29) is 11.6 Å². The van der Waals surface area contributed by atoms with Gasteiger partial charge in [0, 0.05) is 24.9 Å². The van der Waals surface area contributed by atoms with Gasteiger partial charge in [-0.2, -0.15) is 0 Å². The summed E-state index contributed by atoms with van der Waals surface area (Å²) < 4.78 is 5.95. The summed E-state index contributed by atoms with van der Waals surface area (Å²) in [5, 5.41) is 3.39. The summed E-state index contributed by atoms with van der Waals surface area (Å²) in [6.45, 7) is 2.01. The van der Waals surface area contributed by atoms with E-state index in [4.69, 9.17) is 10.5 Å². The van der Waals surface area contributed by atoms with Gasteiger partial charge >= 0.3 is 0 Å². The molecule has 0 bridgehead atoms. The van der Waals surface area contributed by atoms with Crippen molar-refractivity contribution in [3.8, 4) is 17.0 Å². The minimum absolute atomic E-state index is 0.128. The molecule has 0 saturated carbocycles. The van der Waals surface area contributed by atoms with Gasteiger partial charge in [0.2, 0.25) is 11.8 Å². The van der Waals surface area contributed by atoms with Gasteiger partial charge < -0.3 is 15.8 Å². The minimum Gasteiger partial charge on any atom is -0.481 e. The van der Waals surface area contributed by atoms with Gasteiger partial charge in [0.05, 0.1) is 29.4 Å². The highest BCUT2D eigenvalue weighted by Gasteiger charge is 2.24. The number of aromatic nitrogens is 3. The molecule has 4 rings (SSSR count). The number of thiazole rings is 1. The van der Waals surface area contributed by atoms with Gasteiger partial charge in [0.15, 0.2) is 0 Å². The van der Waals surface area contributed by atoms with Crippen LogP contribution in [0.5, 0.6) is 5.88 Å². The molecule has 0 spiro atoms. The van der Waals surface area contributed by atoms with Crippen molar-refractivity contribution in [2.75, 3.05) is 14.2 Å². The van der Waals surface area contributed by atoms with E-state index >= 15 is 0 Å². The zero-order valence-electron chi connectivity index (χ0n) is 18.5. The Labute approximate surface area is 194 Å². The van der Waals surface area contributed by atoms with Crippen LogP contribution in [0.25, 0.3) is 21.3 Å². The SMILES string of the molecule is CNC(=O)[C@H](Cc1ccc(-c2cnc(OC)cc2C)cc1)c1nc2cnc(C(N)=O)cc2s1. The molecular formula is C24H23N5O3S. The van der Waals surface area contributed by atoms with Crippen LogP contribution >= 0.6 is 11.3 Å². The minimum atomic E-state index is -0.600. The number of rotatable bonds is 7. The summed E-state index contributed by atoms with van der Waals surface area (Å²) in [4.78, 5) is 37.1. The predicted molar refractivity (Wildman–Crippen MR) is 127 cm³/mol. The molecule has 0 aliphatic carbocycles. The first-order valence-corrected chi connectivity index (χ1v) is 11.1. The number of likely N-dealkylation sites (N-methyl/N-ethyl adjacent to an activating group) is 1. The van der Waals surface area contributed by atoms with E-state index in [1.54, 1.807) is 26.4 Å². The molecule has 0 aliphatic heterocycles. The van der Waals surface area contributed by atoms with Gasteiger partial charge in [-0.15, -0.1) is 11.3 Å². The molecule has 33 heavy (non-hydrogen) atoms. The Hall–Kier alpha value is -3.85. The summed E-state index contributed by atoms with van der Waals surface area (Å²) in [7, 11) is 3.20. The molecule has 1 aromatic carbocycles. The van der Waals surface area contributed by atoms with Crippen LogP contribution in [0.4, 0.5) is 0 Å². The number of hydrogen-bond donors (Lipinski definition) is 2. The average Bonchev–Trinajstić information content (AvgIpc) is 3.25. The molecule has 0 unspecified atom stereocenters. The van der Waals surface area contributed by atoms with E-state index in [0.717, 1.165) is 27.0 Å². The first-order chi connectivity index (χ1) is 15.9. The number of benzene rings is 1. The number of amides is 2. The van der Waals surface area contributed by atoms with Crippen molar-refractivity contribution >= 4 is 33.4 Å². The Bertz CT molecular complexity index is 1330. The third-order valence-corrected chi connectivity index (χ3v) is 6.54. The summed E-state index contributed by atoms with van der Waals surface area (Å²) in [6.07, 6.45) is 3.79. The fourth-order valence-electron chi connectivity index (χ4n) is 3.60. The lowest BCUT2D eigenvalue weighted by molar-refractivity contribution is -0.122. The number of fused-ring (bicyclic) bond motifs is 1. The lowest BCUT2D eigenvalue weighted by Gasteiger charge is -2.14. The molecule has 8 nitrogen and oxygen atoms in total. The predicted octanol–water partition coefficient (Wildman–Crippen LogP) is 3.24. The highest BCUT2D eigenvalue weighted by molar-refractivity contribution is 7.18. The van der Waals surface area contributed by atoms with E-state index in [2.05, 4.69) is 20.3 Å². The van der Waals surface area contributed by atoms with Crippen LogP contribution in [-0.4, -0.2) is 40.9 Å². The second-order valence-electron chi connectivity index (χ2n) is 7.56. The number of methoxy groups -OCH3 is 1. The molecule has 0 aliphatic rings. The third-order valence-electron chi connectivity index (χ3n) is 5.40. The van der Waals surface area contributed by atoms with Crippen molar-refractivity contribution in [1.82, 2.24) is 20.3 Å². The summed E-state index contributed by atoms with van der Waals surface area (Å²) in [6, 6.07) is 11.6. The molecule has 3 N–H and O–H groups in total. The topological polar surface area (TPSA) is 120 Å². The quantitative estimate of drug-likeness (QED) is 0.436. The number of carbonyl (C=O) groups excluding carboxylic acids is 2. The van der Waals surface area contributed by atoms with Gasteiger partial charge in [-0.1, -0.05) is 24.3 Å². The van der Waals surface area contributed by atoms with Gasteiger partial charge in [-0.3, -0.25) is 9.59 Å². The first-order valence-electron chi connectivity index (χ1n) is 10.3. The number of nitrogens with two attached hydrogens (primary N) is 1. The van der Waals surface area contributed by atoms with E-state index in [9.17, 15) is 9.59 Å². The van der Waals surface area contributed by atoms with E-state index in [0.29, 0.717) is 22.8 Å². The lowest BCUT2D eigenvalue weighted by Crippen LogP contribution is -2.27. The number of pyridine rings is 2. The monoisotopic (exact) mass is 461 g/mol. The van der Waals surface area contributed by atoms with Crippen molar-refractivity contribution in [2.45, 2.75) is 19.3 Å². The Morgan fingerprint density at radius 3 is 2.55 bits per heavy atom. The van der Waals surface area contributed by atoms with E-state index in [1.807, 2.05) is 37.3 Å². The fourth-order valence-corrected chi connectivity index (χ4v) is 4.68. The standard InChI is InChI=1S/C24H23N5O3S/c1-13-8-21(32-3)28-11-17(13)15-6-4-14(5-7-15)9-16(23(31)26-2)24-29-19-12-27-18(22(25)30)10-20(19)33-24/h4-8,10-12,16H,9H2,1-3H3,(H2,25,30)(H,26,31)/t16-/m0/s1. The molecule has 0 fully saturated rings. The first kappa shape index (κ1) is 22.3. The van der Waals surface area contributed by atoms with E-state index in [1.165, 1.54) is 17.5 Å². The van der Waals surface area contributed by atoms with Crippen molar-refractivity contribution < 1.29 is 14.3 Å². The van der Waals surface area contributed by atoms with Crippen LogP contribution in [0.15, 0.2) is 48.8 Å². The van der Waals surface area contributed by atoms with Crippen LogP contribution in [-0.2, 0) is 11.2 Å². The number of aryl methyl sites for hydroxylation is 1. The molecule has 2 amide bonds. The maximum Gasteiger partial charge on any atom is 0.267 e. The van der Waals surface area contributed by atoms with E-state index < -0.39 is 11.8 Å². The zero-order chi connectivity index (χ0) is 23.5. The van der Waals surface area contributed by atoms with Gasteiger partial charge in [0.1, 0.15) is 10.7 Å². The number of nitrogens with zero attached hydrogens (tertiary/aromatic N) is 3. The van der Waals surface area contributed by atoms with Crippen LogP contribution in [0.1, 0.15) is 32.5 Å². The van der Waals surface area contributed by atoms with Crippen molar-refractivity contribution in [3.05, 3.63) is 70.6 Å². The van der Waals surface area contributed by atoms with Crippen molar-refractivity contribution in [1.29, 1.82) is 0 Å². The molecule has 168 valence electrons. The maximum absolute atomic E-state index is 12.7. The third kappa shape index (κ3) is 4.68. The van der Waals surface area contributed by atoms with Crippen LogP contribution in [0.3, 0.4) is 0 Å². The van der Waals surface area contributed by atoms with Crippen LogP contribution in [0.2, 0.25) is 0 Å². The Balaban J connectivity index is 1.61. The molecule has 0 saturated heterocycles. The van der Waals surface area contributed by atoms with Gasteiger partial charge in [-0.25, -0.2) is 15.0 Å². The normalized spacial score (nSPS) is 11.8. The number of hydrogen-bond acceptors (Lipinski definition) is 7. The smallest absolute Gasteiger partial charge is 0.267 e. The Kier molecular flexibility index (Phi) is 6.32. The van der Waals surface area contributed by atoms with Gasteiger partial charge in [0.25, 0.3) is 5.91 Å². The van der Waals surface area contributed by atoms with Crippen LogP contribution < -0.4 is 15.8 Å². The molecule has 0 radical (unpaired) electrons. The molecule has 3 aromatic heterocycles. The van der Waals surface area contributed by atoms with Crippen molar-refractivity contribution in [2.24, 2.45) is 5.73 Å². The second-order valence-corrected chi connectivity index (χ2v) is 8.63. The average molecular weight is 462 g/mol. The Morgan fingerprint density at radius 2 is 1.91 bits per heavy atom. The van der Waals surface area contributed by atoms with Crippen LogP contribution in [0, 0.1) is 6.92 Å². The number of primary amides is 1. The summed E-state index contributed by atoms with van der Waals surface area (Å²) in [5.74, 6) is -0.622. The zero-order valence-corrected chi connectivity index (χ0v) is 19.3. The summed E-state index contributed by atoms with van der Waals surface area (Å²) >= 11 is 1.37. The number of nitrogens with one attached hydrogen (secondary N) is 1. The molecule has 3 heterocycles. The number of carbonyl (C=O) groups is 2. The lowest BCUT2D eigenvalue weighted by atomic mass is 9.96. The number of ether oxygens (including phenoxy) is 1. The molecular weight excluding hydrogens is 438 g/mol. The second kappa shape index (κ2) is 9.33. The molecule has 4 aromatic rings. The molecule has 9 heteroatoms. The highest BCUT2D eigenvalue weighted by Crippen LogP contribution is 2.31. The maximum atomic E-state index is 12.7.